The Balaban J connectivity index is 2.27. The molecule has 0 aliphatic rings. The Hall–Kier alpha value is -1.84. The minimum atomic E-state index is -0.375. The first kappa shape index (κ1) is 18.5. The highest BCUT2D eigenvalue weighted by atomic mass is 35.5. The van der Waals surface area contributed by atoms with Crippen molar-refractivity contribution in [2.45, 2.75) is 32.9 Å². The Labute approximate surface area is 149 Å². The number of halogens is 1. The highest BCUT2D eigenvalue weighted by Crippen LogP contribution is 2.23. The number of nitrogens with zero attached hydrogens (tertiary/aromatic N) is 1. The SMILES string of the molecule is CCN(CC)C(=O)C(NC(C)c1cccc(Cl)c1)c1ccccc1. The van der Waals surface area contributed by atoms with Crippen LogP contribution in [0, 0.1) is 0 Å². The maximum atomic E-state index is 13.0. The van der Waals surface area contributed by atoms with Crippen LogP contribution in [0.5, 0.6) is 0 Å². The molecule has 1 N–H and O–H groups in total. The molecule has 1 amide bonds. The lowest BCUT2D eigenvalue weighted by molar-refractivity contribution is -0.133. The number of hydrogen-bond donors (Lipinski definition) is 1. The molecular formula is C20H25ClN2O. The summed E-state index contributed by atoms with van der Waals surface area (Å²) in [6.45, 7) is 7.46. The summed E-state index contributed by atoms with van der Waals surface area (Å²) in [5, 5.41) is 4.18. The molecule has 24 heavy (non-hydrogen) atoms. The number of carbonyl (C=O) groups excluding carboxylic acids is 1. The van der Waals surface area contributed by atoms with Crippen molar-refractivity contribution in [1.82, 2.24) is 10.2 Å². The van der Waals surface area contributed by atoms with E-state index in [1.54, 1.807) is 0 Å². The Morgan fingerprint density at radius 1 is 1.04 bits per heavy atom. The summed E-state index contributed by atoms with van der Waals surface area (Å²) in [5.41, 5.74) is 2.04. The summed E-state index contributed by atoms with van der Waals surface area (Å²) in [5.74, 6) is 0.0973. The highest BCUT2D eigenvalue weighted by molar-refractivity contribution is 6.30. The number of carbonyl (C=O) groups is 1. The number of rotatable bonds is 7. The van der Waals surface area contributed by atoms with Crippen LogP contribution in [-0.4, -0.2) is 23.9 Å². The van der Waals surface area contributed by atoms with Crippen molar-refractivity contribution < 1.29 is 4.79 Å². The zero-order valence-electron chi connectivity index (χ0n) is 14.5. The molecule has 0 aromatic heterocycles. The molecule has 0 spiro atoms. The molecule has 2 unspecified atom stereocenters. The van der Waals surface area contributed by atoms with E-state index in [0.717, 1.165) is 11.1 Å². The van der Waals surface area contributed by atoms with E-state index in [0.29, 0.717) is 18.1 Å². The Bertz CT molecular complexity index is 656. The molecule has 4 heteroatoms. The number of nitrogens with one attached hydrogen (secondary N) is 1. The molecule has 0 bridgehead atoms. The second-order valence-electron chi connectivity index (χ2n) is 5.80. The molecule has 2 atom stereocenters. The van der Waals surface area contributed by atoms with Crippen molar-refractivity contribution in [2.75, 3.05) is 13.1 Å². The van der Waals surface area contributed by atoms with E-state index < -0.39 is 0 Å². The number of hydrogen-bond acceptors (Lipinski definition) is 2. The van der Waals surface area contributed by atoms with Crippen LogP contribution in [0.15, 0.2) is 54.6 Å². The van der Waals surface area contributed by atoms with Crippen molar-refractivity contribution in [1.29, 1.82) is 0 Å². The third kappa shape index (κ3) is 4.59. The van der Waals surface area contributed by atoms with Crippen molar-refractivity contribution in [3.8, 4) is 0 Å². The minimum Gasteiger partial charge on any atom is -0.342 e. The van der Waals surface area contributed by atoms with Gasteiger partial charge in [-0.1, -0.05) is 54.1 Å². The van der Waals surface area contributed by atoms with Gasteiger partial charge in [-0.2, -0.15) is 0 Å². The lowest BCUT2D eigenvalue weighted by Gasteiger charge is -2.28. The molecule has 0 aliphatic heterocycles. The van der Waals surface area contributed by atoms with Gasteiger partial charge in [-0.3, -0.25) is 10.1 Å². The first-order chi connectivity index (χ1) is 11.6. The Morgan fingerprint density at radius 2 is 1.67 bits per heavy atom. The van der Waals surface area contributed by atoms with Crippen molar-refractivity contribution in [3.63, 3.8) is 0 Å². The molecule has 0 aliphatic carbocycles. The van der Waals surface area contributed by atoms with Crippen LogP contribution in [0.3, 0.4) is 0 Å². The lowest BCUT2D eigenvalue weighted by atomic mass is 10.0. The van der Waals surface area contributed by atoms with E-state index in [1.165, 1.54) is 0 Å². The Kier molecular flexibility index (Phi) is 6.83. The third-order valence-corrected chi connectivity index (χ3v) is 4.46. The molecule has 3 nitrogen and oxygen atoms in total. The van der Waals surface area contributed by atoms with Gasteiger partial charge in [0.2, 0.25) is 5.91 Å². The monoisotopic (exact) mass is 344 g/mol. The fraction of sp³-hybridized carbons (Fsp3) is 0.350. The van der Waals surface area contributed by atoms with Crippen LogP contribution < -0.4 is 5.32 Å². The van der Waals surface area contributed by atoms with Gasteiger partial charge in [0, 0.05) is 24.2 Å². The molecule has 2 aromatic rings. The largest absolute Gasteiger partial charge is 0.342 e. The van der Waals surface area contributed by atoms with Gasteiger partial charge in [0.15, 0.2) is 0 Å². The van der Waals surface area contributed by atoms with Gasteiger partial charge in [0.05, 0.1) is 0 Å². The smallest absolute Gasteiger partial charge is 0.244 e. The number of amides is 1. The molecular weight excluding hydrogens is 320 g/mol. The van der Waals surface area contributed by atoms with Crippen LogP contribution in [0.4, 0.5) is 0 Å². The summed E-state index contributed by atoms with van der Waals surface area (Å²) in [7, 11) is 0. The van der Waals surface area contributed by atoms with Gasteiger partial charge in [0.1, 0.15) is 6.04 Å². The van der Waals surface area contributed by atoms with E-state index >= 15 is 0 Å². The van der Waals surface area contributed by atoms with E-state index in [2.05, 4.69) is 12.2 Å². The molecule has 128 valence electrons. The van der Waals surface area contributed by atoms with Crippen molar-refractivity contribution >= 4 is 17.5 Å². The summed E-state index contributed by atoms with van der Waals surface area (Å²) >= 11 is 6.10. The van der Waals surface area contributed by atoms with Crippen LogP contribution in [0.2, 0.25) is 5.02 Å². The predicted molar refractivity (Wildman–Crippen MR) is 100 cm³/mol. The van der Waals surface area contributed by atoms with Gasteiger partial charge in [0.25, 0.3) is 0 Å². The van der Waals surface area contributed by atoms with Gasteiger partial charge in [-0.15, -0.1) is 0 Å². The fourth-order valence-corrected chi connectivity index (χ4v) is 2.99. The third-order valence-electron chi connectivity index (χ3n) is 4.22. The van der Waals surface area contributed by atoms with Crippen LogP contribution in [0.25, 0.3) is 0 Å². The van der Waals surface area contributed by atoms with Crippen molar-refractivity contribution in [3.05, 3.63) is 70.7 Å². The molecule has 0 saturated carbocycles. The molecule has 2 aromatic carbocycles. The van der Waals surface area contributed by atoms with Crippen molar-refractivity contribution in [2.24, 2.45) is 0 Å². The average molecular weight is 345 g/mol. The molecule has 2 rings (SSSR count). The molecule has 0 heterocycles. The number of likely N-dealkylation sites (N-methyl/N-ethyl adjacent to an activating group) is 1. The summed E-state index contributed by atoms with van der Waals surface area (Å²) in [6.07, 6.45) is 0. The molecule has 0 radical (unpaired) electrons. The van der Waals surface area contributed by atoms with Crippen LogP contribution in [-0.2, 0) is 4.79 Å². The van der Waals surface area contributed by atoms with Gasteiger partial charge < -0.3 is 4.90 Å². The predicted octanol–water partition coefficient (Wildman–Crippen LogP) is 4.60. The second kappa shape index (κ2) is 8.86. The summed E-state index contributed by atoms with van der Waals surface area (Å²) < 4.78 is 0. The molecule has 0 saturated heterocycles. The summed E-state index contributed by atoms with van der Waals surface area (Å²) in [4.78, 5) is 14.8. The van der Waals surface area contributed by atoms with E-state index in [1.807, 2.05) is 73.3 Å². The van der Waals surface area contributed by atoms with Gasteiger partial charge in [-0.05, 0) is 44.0 Å². The topological polar surface area (TPSA) is 32.3 Å². The Morgan fingerprint density at radius 3 is 2.25 bits per heavy atom. The first-order valence-electron chi connectivity index (χ1n) is 8.42. The van der Waals surface area contributed by atoms with Gasteiger partial charge in [-0.25, -0.2) is 0 Å². The van der Waals surface area contributed by atoms with Crippen LogP contribution in [0.1, 0.15) is 44.0 Å². The van der Waals surface area contributed by atoms with E-state index in [9.17, 15) is 4.79 Å². The maximum Gasteiger partial charge on any atom is 0.244 e. The number of benzene rings is 2. The average Bonchev–Trinajstić information content (AvgIpc) is 2.61. The quantitative estimate of drug-likeness (QED) is 0.796. The zero-order chi connectivity index (χ0) is 17.5. The van der Waals surface area contributed by atoms with Crippen LogP contribution >= 0.6 is 11.6 Å². The maximum absolute atomic E-state index is 13.0. The fourth-order valence-electron chi connectivity index (χ4n) is 2.80. The standard InChI is InChI=1S/C20H25ClN2O/c1-4-23(5-2)20(24)19(16-10-7-6-8-11-16)22-15(3)17-12-9-13-18(21)14-17/h6-15,19,22H,4-5H2,1-3H3. The first-order valence-corrected chi connectivity index (χ1v) is 8.79. The highest BCUT2D eigenvalue weighted by Gasteiger charge is 2.26. The van der Waals surface area contributed by atoms with Gasteiger partial charge >= 0.3 is 0 Å². The normalized spacial score (nSPS) is 13.3. The lowest BCUT2D eigenvalue weighted by Crippen LogP contribution is -2.41. The summed E-state index contributed by atoms with van der Waals surface area (Å²) in [6, 6.07) is 17.2. The zero-order valence-corrected chi connectivity index (χ0v) is 15.3. The molecule has 0 fully saturated rings. The van der Waals surface area contributed by atoms with E-state index in [-0.39, 0.29) is 18.0 Å². The minimum absolute atomic E-state index is 0.00779. The second-order valence-corrected chi connectivity index (χ2v) is 6.23. The van der Waals surface area contributed by atoms with E-state index in [4.69, 9.17) is 11.6 Å².